The monoisotopic (exact) mass is 476 g/mol. The number of anilines is 2. The van der Waals surface area contributed by atoms with Crippen LogP contribution in [0.25, 0.3) is 0 Å². The van der Waals surface area contributed by atoms with E-state index in [2.05, 4.69) is 15.4 Å². The van der Waals surface area contributed by atoms with Crippen molar-refractivity contribution < 1.29 is 23.1 Å². The first-order valence-electron chi connectivity index (χ1n) is 9.46. The molecule has 0 atom stereocenters. The highest BCUT2D eigenvalue weighted by Crippen LogP contribution is 2.30. The fourth-order valence-corrected chi connectivity index (χ4v) is 3.80. The molecule has 9 heteroatoms. The molecule has 0 radical (unpaired) electrons. The highest BCUT2D eigenvalue weighted by atomic mass is 35.5. The molecule has 32 heavy (non-hydrogen) atoms. The van der Waals surface area contributed by atoms with E-state index in [1.807, 2.05) is 31.2 Å². The van der Waals surface area contributed by atoms with Gasteiger partial charge in [-0.2, -0.15) is 8.78 Å². The summed E-state index contributed by atoms with van der Waals surface area (Å²) < 4.78 is 29.0. The van der Waals surface area contributed by atoms with Crippen LogP contribution in [0.2, 0.25) is 5.02 Å². The van der Waals surface area contributed by atoms with Gasteiger partial charge in [-0.05, 0) is 49.4 Å². The fourth-order valence-electron chi connectivity index (χ4n) is 2.73. The normalized spacial score (nSPS) is 10.7. The molecule has 0 heterocycles. The molecular formula is C23H19ClF2N2O3S. The van der Waals surface area contributed by atoms with Crippen LogP contribution in [-0.2, 0) is 4.79 Å². The Balaban J connectivity index is 1.64. The third-order valence-electron chi connectivity index (χ3n) is 4.23. The molecule has 166 valence electrons. The molecule has 2 amide bonds. The van der Waals surface area contributed by atoms with E-state index in [0.29, 0.717) is 21.8 Å². The van der Waals surface area contributed by atoms with Crippen LogP contribution in [0.4, 0.5) is 20.2 Å². The average molecular weight is 477 g/mol. The van der Waals surface area contributed by atoms with Crippen LogP contribution in [-0.4, -0.2) is 24.2 Å². The fraction of sp³-hybridized carbons (Fsp3) is 0.130. The number of benzene rings is 3. The van der Waals surface area contributed by atoms with Crippen LogP contribution >= 0.6 is 23.4 Å². The van der Waals surface area contributed by atoms with E-state index < -0.39 is 12.5 Å². The molecular weight excluding hydrogens is 458 g/mol. The van der Waals surface area contributed by atoms with E-state index in [-0.39, 0.29) is 22.4 Å². The molecule has 0 fully saturated rings. The van der Waals surface area contributed by atoms with Crippen LogP contribution in [0, 0.1) is 6.92 Å². The van der Waals surface area contributed by atoms with Crippen LogP contribution in [0.1, 0.15) is 15.9 Å². The van der Waals surface area contributed by atoms with Crippen molar-refractivity contribution in [3.63, 3.8) is 0 Å². The van der Waals surface area contributed by atoms with Gasteiger partial charge in [0.1, 0.15) is 5.75 Å². The predicted octanol–water partition coefficient (Wildman–Crippen LogP) is 6.23. The molecule has 0 aliphatic rings. The summed E-state index contributed by atoms with van der Waals surface area (Å²) in [6.07, 6.45) is 0. The van der Waals surface area contributed by atoms with Gasteiger partial charge in [0.2, 0.25) is 5.91 Å². The van der Waals surface area contributed by atoms with Crippen molar-refractivity contribution in [2.45, 2.75) is 18.4 Å². The predicted molar refractivity (Wildman–Crippen MR) is 123 cm³/mol. The second kappa shape index (κ2) is 11.0. The summed E-state index contributed by atoms with van der Waals surface area (Å²) in [5.41, 5.74) is 2.47. The Morgan fingerprint density at radius 3 is 2.38 bits per heavy atom. The Morgan fingerprint density at radius 2 is 1.69 bits per heavy atom. The van der Waals surface area contributed by atoms with E-state index in [4.69, 9.17) is 11.6 Å². The Labute approximate surface area is 193 Å². The van der Waals surface area contributed by atoms with E-state index in [0.717, 1.165) is 5.56 Å². The lowest BCUT2D eigenvalue weighted by Crippen LogP contribution is -2.16. The van der Waals surface area contributed by atoms with Crippen molar-refractivity contribution in [3.05, 3.63) is 82.9 Å². The third-order valence-corrected chi connectivity index (χ3v) is 5.60. The number of aryl methyl sites for hydroxylation is 1. The standard InChI is InChI=1S/C23H19ClF2N2O3S/c1-14-6-8-15(9-7-14)27-21(29)13-32-20-5-3-2-4-17(20)22(30)28-16-10-11-19(18(24)12-16)31-23(25)26/h2-12,23H,13H2,1H3,(H,27,29)(H,28,30). The van der Waals surface area contributed by atoms with Gasteiger partial charge in [-0.15, -0.1) is 11.8 Å². The summed E-state index contributed by atoms with van der Waals surface area (Å²) in [7, 11) is 0. The van der Waals surface area contributed by atoms with Crippen LogP contribution in [0.15, 0.2) is 71.6 Å². The highest BCUT2D eigenvalue weighted by molar-refractivity contribution is 8.00. The molecule has 0 saturated carbocycles. The van der Waals surface area contributed by atoms with E-state index in [9.17, 15) is 18.4 Å². The first-order valence-corrected chi connectivity index (χ1v) is 10.8. The molecule has 0 saturated heterocycles. The van der Waals surface area contributed by atoms with Gasteiger partial charge in [-0.3, -0.25) is 9.59 Å². The minimum atomic E-state index is -3.00. The van der Waals surface area contributed by atoms with Crippen molar-refractivity contribution >= 4 is 46.6 Å². The molecule has 0 unspecified atom stereocenters. The number of amides is 2. The number of carbonyl (C=O) groups is 2. The van der Waals surface area contributed by atoms with E-state index in [1.165, 1.54) is 30.0 Å². The molecule has 2 N–H and O–H groups in total. The van der Waals surface area contributed by atoms with Gasteiger partial charge in [0.05, 0.1) is 16.3 Å². The Bertz CT molecular complexity index is 1110. The van der Waals surface area contributed by atoms with Crippen molar-refractivity contribution in [2.75, 3.05) is 16.4 Å². The Kier molecular flexibility index (Phi) is 8.08. The zero-order valence-corrected chi connectivity index (χ0v) is 18.5. The molecule has 0 aliphatic heterocycles. The zero-order valence-electron chi connectivity index (χ0n) is 16.9. The van der Waals surface area contributed by atoms with Crippen molar-refractivity contribution in [1.29, 1.82) is 0 Å². The third kappa shape index (κ3) is 6.70. The Morgan fingerprint density at radius 1 is 1.00 bits per heavy atom. The van der Waals surface area contributed by atoms with Crippen LogP contribution in [0.5, 0.6) is 5.75 Å². The SMILES string of the molecule is Cc1ccc(NC(=O)CSc2ccccc2C(=O)Nc2ccc(OC(F)F)c(Cl)c2)cc1. The second-order valence-corrected chi connectivity index (χ2v) is 8.10. The number of thioether (sulfide) groups is 1. The number of alkyl halides is 2. The maximum Gasteiger partial charge on any atom is 0.387 e. The number of hydrogen-bond donors (Lipinski definition) is 2. The van der Waals surface area contributed by atoms with Crippen molar-refractivity contribution in [2.24, 2.45) is 0 Å². The molecule has 0 aliphatic carbocycles. The maximum absolute atomic E-state index is 12.8. The number of carbonyl (C=O) groups excluding carboxylic acids is 2. The highest BCUT2D eigenvalue weighted by Gasteiger charge is 2.15. The Hall–Kier alpha value is -3.10. The first-order chi connectivity index (χ1) is 15.3. The minimum absolute atomic E-state index is 0.0569. The molecule has 0 bridgehead atoms. The number of hydrogen-bond acceptors (Lipinski definition) is 4. The van der Waals surface area contributed by atoms with Gasteiger partial charge in [0.15, 0.2) is 0 Å². The molecule has 3 rings (SSSR count). The first kappa shape index (κ1) is 23.6. The van der Waals surface area contributed by atoms with Crippen molar-refractivity contribution in [3.8, 4) is 5.75 Å². The van der Waals surface area contributed by atoms with Crippen LogP contribution < -0.4 is 15.4 Å². The second-order valence-electron chi connectivity index (χ2n) is 6.68. The topological polar surface area (TPSA) is 67.4 Å². The molecule has 0 spiro atoms. The number of ether oxygens (including phenoxy) is 1. The lowest BCUT2D eigenvalue weighted by molar-refractivity contribution is -0.113. The van der Waals surface area contributed by atoms with Gasteiger partial charge in [-0.1, -0.05) is 41.4 Å². The summed E-state index contributed by atoms with van der Waals surface area (Å²) in [6, 6.07) is 18.3. The molecule has 5 nitrogen and oxygen atoms in total. The lowest BCUT2D eigenvalue weighted by atomic mass is 10.2. The largest absolute Gasteiger partial charge is 0.433 e. The van der Waals surface area contributed by atoms with Gasteiger partial charge >= 0.3 is 6.61 Å². The van der Waals surface area contributed by atoms with Gasteiger partial charge < -0.3 is 15.4 Å². The van der Waals surface area contributed by atoms with Crippen LogP contribution in [0.3, 0.4) is 0 Å². The zero-order chi connectivity index (χ0) is 23.1. The lowest BCUT2D eigenvalue weighted by Gasteiger charge is -2.12. The van der Waals surface area contributed by atoms with Gasteiger partial charge in [0, 0.05) is 16.3 Å². The molecule has 3 aromatic rings. The summed E-state index contributed by atoms with van der Waals surface area (Å²) >= 11 is 7.16. The smallest absolute Gasteiger partial charge is 0.387 e. The number of halogens is 3. The van der Waals surface area contributed by atoms with E-state index >= 15 is 0 Å². The van der Waals surface area contributed by atoms with E-state index in [1.54, 1.807) is 24.3 Å². The summed E-state index contributed by atoms with van der Waals surface area (Å²) in [5.74, 6) is -0.694. The summed E-state index contributed by atoms with van der Waals surface area (Å²) in [5, 5.41) is 5.43. The summed E-state index contributed by atoms with van der Waals surface area (Å²) in [6.45, 7) is -1.04. The quantitative estimate of drug-likeness (QED) is 0.378. The summed E-state index contributed by atoms with van der Waals surface area (Å²) in [4.78, 5) is 25.7. The number of nitrogens with one attached hydrogen (secondary N) is 2. The minimum Gasteiger partial charge on any atom is -0.433 e. The maximum atomic E-state index is 12.8. The molecule has 3 aromatic carbocycles. The van der Waals surface area contributed by atoms with Gasteiger partial charge in [0.25, 0.3) is 5.91 Å². The molecule has 0 aromatic heterocycles. The van der Waals surface area contributed by atoms with Crippen molar-refractivity contribution in [1.82, 2.24) is 0 Å². The number of rotatable bonds is 8. The van der Waals surface area contributed by atoms with Gasteiger partial charge in [-0.25, -0.2) is 0 Å². The average Bonchev–Trinajstić information content (AvgIpc) is 2.76.